The second kappa shape index (κ2) is 10.2. The van der Waals surface area contributed by atoms with Crippen molar-refractivity contribution in [3.8, 4) is 11.5 Å². The minimum Gasteiger partial charge on any atom is -0.493 e. The molecule has 3 N–H and O–H groups in total. The van der Waals surface area contributed by atoms with Crippen LogP contribution in [0.3, 0.4) is 0 Å². The van der Waals surface area contributed by atoms with Gasteiger partial charge >= 0.3 is 6.03 Å². The fraction of sp³-hybridized carbons (Fsp3) is 0.174. The fourth-order valence-corrected chi connectivity index (χ4v) is 3.18. The number of urea groups is 1. The lowest BCUT2D eigenvalue weighted by molar-refractivity contribution is 0.262. The maximum Gasteiger partial charge on any atom is 0.323 e. The van der Waals surface area contributed by atoms with Crippen LogP contribution in [-0.2, 0) is 6.42 Å². The van der Waals surface area contributed by atoms with E-state index in [0.29, 0.717) is 47.5 Å². The second-order valence-corrected chi connectivity index (χ2v) is 6.96. The molecule has 2 aromatic heterocycles. The Morgan fingerprint density at radius 1 is 0.879 bits per heavy atom. The lowest BCUT2D eigenvalue weighted by Gasteiger charge is -2.12. The van der Waals surface area contributed by atoms with Crippen LogP contribution in [0.15, 0.2) is 61.2 Å². The van der Waals surface area contributed by atoms with E-state index >= 15 is 0 Å². The van der Waals surface area contributed by atoms with Crippen LogP contribution in [0.2, 0.25) is 0 Å². The number of rotatable bonds is 8. The standard InChI is InChI=1S/C23H23N7O3/c1-32-19-10-17-18(11-20(19)33-2)27-14-28-22(17)24-9-8-21-25-12-16(13-26-21)30-23(31)29-15-6-4-3-5-7-15/h3-7,10-14H,8-9H2,1-2H3,(H,24,27,28)(H2,29,30,31). The Morgan fingerprint density at radius 3 is 2.30 bits per heavy atom. The zero-order chi connectivity index (χ0) is 23.0. The number of hydrogen-bond donors (Lipinski definition) is 3. The van der Waals surface area contributed by atoms with Crippen LogP contribution in [0.5, 0.6) is 11.5 Å². The molecule has 0 aliphatic carbocycles. The molecule has 10 heteroatoms. The molecule has 0 bridgehead atoms. The van der Waals surface area contributed by atoms with Crippen molar-refractivity contribution in [1.82, 2.24) is 19.9 Å². The number of aromatic nitrogens is 4. The molecule has 4 aromatic rings. The zero-order valence-electron chi connectivity index (χ0n) is 18.2. The molecule has 2 aromatic carbocycles. The molecule has 0 saturated carbocycles. The summed E-state index contributed by atoms with van der Waals surface area (Å²) < 4.78 is 10.7. The number of anilines is 3. The number of carbonyl (C=O) groups is 1. The molecular formula is C23H23N7O3. The summed E-state index contributed by atoms with van der Waals surface area (Å²) >= 11 is 0. The maximum absolute atomic E-state index is 12.1. The largest absolute Gasteiger partial charge is 0.493 e. The summed E-state index contributed by atoms with van der Waals surface area (Å²) in [5.74, 6) is 2.52. The quantitative estimate of drug-likeness (QED) is 0.375. The minimum absolute atomic E-state index is 0.359. The number of fused-ring (bicyclic) bond motifs is 1. The number of para-hydroxylation sites is 1. The average Bonchev–Trinajstić information content (AvgIpc) is 2.85. The number of methoxy groups -OCH3 is 2. The van der Waals surface area contributed by atoms with Crippen LogP contribution >= 0.6 is 0 Å². The summed E-state index contributed by atoms with van der Waals surface area (Å²) in [6.45, 7) is 0.557. The number of benzene rings is 2. The van der Waals surface area contributed by atoms with Gasteiger partial charge in [0.05, 0.1) is 37.8 Å². The van der Waals surface area contributed by atoms with E-state index in [4.69, 9.17) is 9.47 Å². The van der Waals surface area contributed by atoms with Gasteiger partial charge in [-0.25, -0.2) is 24.7 Å². The Labute approximate surface area is 190 Å². The van der Waals surface area contributed by atoms with Crippen molar-refractivity contribution < 1.29 is 14.3 Å². The van der Waals surface area contributed by atoms with E-state index in [1.807, 2.05) is 30.3 Å². The maximum atomic E-state index is 12.1. The van der Waals surface area contributed by atoms with Crippen molar-refractivity contribution >= 4 is 34.1 Å². The van der Waals surface area contributed by atoms with Gasteiger partial charge in [0, 0.05) is 30.1 Å². The van der Waals surface area contributed by atoms with Gasteiger partial charge in [0.2, 0.25) is 0 Å². The molecule has 33 heavy (non-hydrogen) atoms. The van der Waals surface area contributed by atoms with Crippen molar-refractivity contribution in [3.05, 3.63) is 67.0 Å². The zero-order valence-corrected chi connectivity index (χ0v) is 18.2. The van der Waals surface area contributed by atoms with E-state index in [2.05, 4.69) is 35.9 Å². The topological polar surface area (TPSA) is 123 Å². The van der Waals surface area contributed by atoms with Crippen LogP contribution in [-0.4, -0.2) is 46.7 Å². The van der Waals surface area contributed by atoms with Crippen molar-refractivity contribution in [1.29, 1.82) is 0 Å². The predicted molar refractivity (Wildman–Crippen MR) is 126 cm³/mol. The average molecular weight is 445 g/mol. The lowest BCUT2D eigenvalue weighted by Crippen LogP contribution is -2.19. The third-order valence-corrected chi connectivity index (χ3v) is 4.78. The van der Waals surface area contributed by atoms with Gasteiger partial charge in [-0.1, -0.05) is 18.2 Å². The molecule has 0 atom stereocenters. The van der Waals surface area contributed by atoms with Crippen LogP contribution in [0.25, 0.3) is 10.9 Å². The first-order valence-electron chi connectivity index (χ1n) is 10.2. The van der Waals surface area contributed by atoms with Crippen LogP contribution in [0.4, 0.5) is 22.0 Å². The van der Waals surface area contributed by atoms with Crippen molar-refractivity contribution in [2.75, 3.05) is 36.7 Å². The number of nitrogens with zero attached hydrogens (tertiary/aromatic N) is 4. The van der Waals surface area contributed by atoms with E-state index in [1.165, 1.54) is 6.33 Å². The first-order valence-corrected chi connectivity index (χ1v) is 10.2. The SMILES string of the molecule is COc1cc2ncnc(NCCc3ncc(NC(=O)Nc4ccccc4)cn3)c2cc1OC. The fourth-order valence-electron chi connectivity index (χ4n) is 3.18. The van der Waals surface area contributed by atoms with Crippen molar-refractivity contribution in [3.63, 3.8) is 0 Å². The third kappa shape index (κ3) is 5.42. The van der Waals surface area contributed by atoms with E-state index in [1.54, 1.807) is 38.7 Å². The summed E-state index contributed by atoms with van der Waals surface area (Å²) in [5, 5.41) is 9.56. The number of carbonyl (C=O) groups excluding carboxylic acids is 1. The smallest absolute Gasteiger partial charge is 0.323 e. The Hall–Kier alpha value is -4.47. The first kappa shape index (κ1) is 21.8. The van der Waals surface area contributed by atoms with Gasteiger partial charge in [-0.05, 0) is 18.2 Å². The highest BCUT2D eigenvalue weighted by atomic mass is 16.5. The Bertz CT molecular complexity index is 1230. The molecule has 0 fully saturated rings. The molecule has 0 radical (unpaired) electrons. The number of amides is 2. The monoisotopic (exact) mass is 445 g/mol. The molecule has 0 unspecified atom stereocenters. The van der Waals surface area contributed by atoms with Gasteiger partial charge in [-0.3, -0.25) is 0 Å². The Balaban J connectivity index is 1.34. The number of hydrogen-bond acceptors (Lipinski definition) is 8. The molecule has 0 saturated heterocycles. The predicted octanol–water partition coefficient (Wildman–Crippen LogP) is 3.74. The van der Waals surface area contributed by atoms with E-state index in [-0.39, 0.29) is 6.03 Å². The lowest BCUT2D eigenvalue weighted by atomic mass is 10.2. The molecule has 0 aliphatic rings. The number of ether oxygens (including phenoxy) is 2. The highest BCUT2D eigenvalue weighted by Gasteiger charge is 2.11. The molecule has 0 spiro atoms. The second-order valence-electron chi connectivity index (χ2n) is 6.96. The molecule has 0 aliphatic heterocycles. The van der Waals surface area contributed by atoms with E-state index in [9.17, 15) is 4.79 Å². The molecule has 10 nitrogen and oxygen atoms in total. The molecular weight excluding hydrogens is 422 g/mol. The summed E-state index contributed by atoms with van der Waals surface area (Å²) in [6.07, 6.45) is 5.21. The van der Waals surface area contributed by atoms with Gasteiger partial charge in [-0.2, -0.15) is 0 Å². The Morgan fingerprint density at radius 2 is 1.58 bits per heavy atom. The third-order valence-electron chi connectivity index (χ3n) is 4.78. The summed E-state index contributed by atoms with van der Waals surface area (Å²) in [4.78, 5) is 29.3. The number of nitrogens with one attached hydrogen (secondary N) is 3. The van der Waals surface area contributed by atoms with Crippen LogP contribution in [0.1, 0.15) is 5.82 Å². The highest BCUT2D eigenvalue weighted by molar-refractivity contribution is 5.99. The summed E-state index contributed by atoms with van der Waals surface area (Å²) in [5.41, 5.74) is 1.94. The molecule has 2 amide bonds. The molecule has 2 heterocycles. The van der Waals surface area contributed by atoms with Crippen LogP contribution in [0, 0.1) is 0 Å². The normalized spacial score (nSPS) is 10.5. The van der Waals surface area contributed by atoms with Crippen molar-refractivity contribution in [2.45, 2.75) is 6.42 Å². The van der Waals surface area contributed by atoms with Gasteiger partial charge < -0.3 is 25.4 Å². The van der Waals surface area contributed by atoms with E-state index in [0.717, 1.165) is 10.9 Å². The minimum atomic E-state index is -0.359. The molecule has 4 rings (SSSR count). The van der Waals surface area contributed by atoms with Gasteiger partial charge in [0.15, 0.2) is 11.5 Å². The van der Waals surface area contributed by atoms with Gasteiger partial charge in [-0.15, -0.1) is 0 Å². The van der Waals surface area contributed by atoms with E-state index < -0.39 is 0 Å². The highest BCUT2D eigenvalue weighted by Crippen LogP contribution is 2.33. The molecule has 168 valence electrons. The van der Waals surface area contributed by atoms with Crippen molar-refractivity contribution in [2.24, 2.45) is 0 Å². The summed E-state index contributed by atoms with van der Waals surface area (Å²) in [7, 11) is 3.17. The Kier molecular flexibility index (Phi) is 6.74. The first-order chi connectivity index (χ1) is 16.2. The van der Waals surface area contributed by atoms with Crippen LogP contribution < -0.4 is 25.4 Å². The summed E-state index contributed by atoms with van der Waals surface area (Å²) in [6, 6.07) is 12.5. The van der Waals surface area contributed by atoms with Gasteiger partial charge in [0.25, 0.3) is 0 Å². The van der Waals surface area contributed by atoms with Gasteiger partial charge in [0.1, 0.15) is 18.0 Å².